The van der Waals surface area contributed by atoms with Crippen molar-refractivity contribution in [3.05, 3.63) is 107 Å². The molecule has 2 N–H and O–H groups in total. The largest absolute Gasteiger partial charge is 0.480 e. The van der Waals surface area contributed by atoms with Crippen molar-refractivity contribution in [2.24, 2.45) is 0 Å². The van der Waals surface area contributed by atoms with Crippen molar-refractivity contribution in [2.75, 3.05) is 18.1 Å². The molecule has 0 heterocycles. The second-order valence-electron chi connectivity index (χ2n) is 8.30. The number of nitrogens with one attached hydrogen (secondary N) is 1. The smallest absolute Gasteiger partial charge is 0.327 e. The highest BCUT2D eigenvalue weighted by Crippen LogP contribution is 2.12. The van der Waals surface area contributed by atoms with Gasteiger partial charge in [-0.05, 0) is 54.5 Å². The number of carboxylic acid groups (broad SMARTS) is 1. The van der Waals surface area contributed by atoms with Crippen LogP contribution in [0.2, 0.25) is 0 Å². The van der Waals surface area contributed by atoms with E-state index in [0.717, 1.165) is 22.6 Å². The molecule has 0 aliphatic heterocycles. The number of aliphatic carboxylic acids is 1. The highest BCUT2D eigenvalue weighted by atomic mass is 32.2. The zero-order chi connectivity index (χ0) is 26.5. The predicted molar refractivity (Wildman–Crippen MR) is 148 cm³/mol. The van der Waals surface area contributed by atoms with Crippen molar-refractivity contribution < 1.29 is 19.5 Å². The molecular weight excluding hydrogens is 484 g/mol. The lowest BCUT2D eigenvalue weighted by atomic mass is 10.1. The van der Waals surface area contributed by atoms with Gasteiger partial charge in [-0.15, -0.1) is 0 Å². The second kappa shape index (κ2) is 14.5. The summed E-state index contributed by atoms with van der Waals surface area (Å²) in [5.74, 6) is 5.39. The summed E-state index contributed by atoms with van der Waals surface area (Å²) < 4.78 is 0. The van der Waals surface area contributed by atoms with E-state index in [1.807, 2.05) is 67.6 Å². The minimum Gasteiger partial charge on any atom is -0.480 e. The van der Waals surface area contributed by atoms with E-state index in [0.29, 0.717) is 17.5 Å². The van der Waals surface area contributed by atoms with E-state index in [9.17, 15) is 19.5 Å². The lowest BCUT2D eigenvalue weighted by Gasteiger charge is -2.23. The molecule has 6 nitrogen and oxygen atoms in total. The summed E-state index contributed by atoms with van der Waals surface area (Å²) in [6, 6.07) is 24.4. The molecule has 7 heteroatoms. The van der Waals surface area contributed by atoms with Crippen molar-refractivity contribution >= 4 is 29.7 Å². The molecule has 0 aromatic heterocycles. The third-order valence-electron chi connectivity index (χ3n) is 5.43. The Balaban J connectivity index is 1.64. The molecule has 0 saturated heterocycles. The van der Waals surface area contributed by atoms with Gasteiger partial charge in [-0.3, -0.25) is 9.69 Å². The number of carbonyl (C=O) groups is 3. The Morgan fingerprint density at radius 1 is 0.919 bits per heavy atom. The molecule has 3 rings (SSSR count). The van der Waals surface area contributed by atoms with Crippen molar-refractivity contribution in [2.45, 2.75) is 25.8 Å². The molecule has 3 amide bonds. The molecule has 0 aliphatic carbocycles. The van der Waals surface area contributed by atoms with Crippen LogP contribution < -0.4 is 5.32 Å². The molecule has 1 atom stereocenters. The summed E-state index contributed by atoms with van der Waals surface area (Å²) in [6.07, 6.45) is 1.34. The Hall–Kier alpha value is -4.02. The maximum atomic E-state index is 13.2. The number of nitrogens with zero attached hydrogens (tertiary/aromatic N) is 1. The summed E-state index contributed by atoms with van der Waals surface area (Å²) in [5.41, 5.74) is 2.98. The fraction of sp³-hybridized carbons (Fsp3) is 0.233. The van der Waals surface area contributed by atoms with Gasteiger partial charge in [0.25, 0.3) is 5.91 Å². The van der Waals surface area contributed by atoms with Crippen LogP contribution in [0.5, 0.6) is 0 Å². The number of amides is 3. The normalized spacial score (nSPS) is 11.1. The Morgan fingerprint density at radius 2 is 1.57 bits per heavy atom. The summed E-state index contributed by atoms with van der Waals surface area (Å²) in [5, 5.41) is 12.2. The van der Waals surface area contributed by atoms with E-state index in [-0.39, 0.29) is 12.3 Å². The first-order valence-electron chi connectivity index (χ1n) is 12.1. The first-order chi connectivity index (χ1) is 18.0. The van der Waals surface area contributed by atoms with Crippen LogP contribution in [-0.2, 0) is 11.2 Å². The number of benzene rings is 3. The molecule has 3 aromatic rings. The number of thioether (sulfide) groups is 1. The van der Waals surface area contributed by atoms with Gasteiger partial charge in [-0.2, -0.15) is 11.8 Å². The molecule has 0 aliphatic rings. The average molecular weight is 515 g/mol. The summed E-state index contributed by atoms with van der Waals surface area (Å²) in [7, 11) is 0. The molecule has 3 aromatic carbocycles. The van der Waals surface area contributed by atoms with Gasteiger partial charge in [-0.1, -0.05) is 73.4 Å². The molecule has 0 unspecified atom stereocenters. The Morgan fingerprint density at radius 3 is 2.24 bits per heavy atom. The van der Waals surface area contributed by atoms with Gasteiger partial charge in [-0.25, -0.2) is 9.59 Å². The summed E-state index contributed by atoms with van der Waals surface area (Å²) >= 11 is 1.45. The Labute approximate surface area is 222 Å². The van der Waals surface area contributed by atoms with E-state index in [4.69, 9.17) is 0 Å². The molecule has 0 saturated carbocycles. The van der Waals surface area contributed by atoms with Crippen LogP contribution in [-0.4, -0.2) is 52.0 Å². The molecule has 0 fully saturated rings. The van der Waals surface area contributed by atoms with E-state index in [1.165, 1.54) is 17.3 Å². The number of aryl methyl sites for hydroxylation is 1. The van der Waals surface area contributed by atoms with E-state index in [1.54, 1.807) is 24.3 Å². The third kappa shape index (κ3) is 8.85. The molecule has 0 spiro atoms. The Bertz CT molecular complexity index is 1250. The van der Waals surface area contributed by atoms with Gasteiger partial charge >= 0.3 is 12.0 Å². The van der Waals surface area contributed by atoms with Crippen LogP contribution >= 0.6 is 11.8 Å². The predicted octanol–water partition coefficient (Wildman–Crippen LogP) is 5.08. The highest BCUT2D eigenvalue weighted by molar-refractivity contribution is 7.99. The zero-order valence-corrected chi connectivity index (χ0v) is 21.5. The van der Waals surface area contributed by atoms with Crippen LogP contribution in [0, 0.1) is 11.8 Å². The van der Waals surface area contributed by atoms with Crippen molar-refractivity contribution in [3.8, 4) is 11.8 Å². The van der Waals surface area contributed by atoms with Crippen LogP contribution in [0.3, 0.4) is 0 Å². The summed E-state index contributed by atoms with van der Waals surface area (Å²) in [4.78, 5) is 39.1. The van der Waals surface area contributed by atoms with Crippen LogP contribution in [0.1, 0.15) is 40.4 Å². The average Bonchev–Trinajstić information content (AvgIpc) is 2.93. The number of carboxylic acids is 1. The zero-order valence-electron chi connectivity index (χ0n) is 20.7. The number of carbonyl (C=O) groups excluding carboxylic acids is 2. The fourth-order valence-electron chi connectivity index (χ4n) is 3.51. The van der Waals surface area contributed by atoms with Gasteiger partial charge < -0.3 is 10.4 Å². The monoisotopic (exact) mass is 514 g/mol. The van der Waals surface area contributed by atoms with E-state index in [2.05, 4.69) is 17.2 Å². The van der Waals surface area contributed by atoms with Crippen LogP contribution in [0.4, 0.5) is 4.79 Å². The van der Waals surface area contributed by atoms with E-state index < -0.39 is 23.9 Å². The minimum atomic E-state index is -1.14. The quantitative estimate of drug-likeness (QED) is 0.291. The second-order valence-corrected chi connectivity index (χ2v) is 9.45. The van der Waals surface area contributed by atoms with Crippen molar-refractivity contribution in [3.63, 3.8) is 0 Å². The first-order valence-corrected chi connectivity index (χ1v) is 13.3. The summed E-state index contributed by atoms with van der Waals surface area (Å²) in [6.45, 7) is 2.02. The number of hydrogen-bond acceptors (Lipinski definition) is 4. The maximum absolute atomic E-state index is 13.2. The van der Waals surface area contributed by atoms with Gasteiger partial charge in [0.1, 0.15) is 6.04 Å². The lowest BCUT2D eigenvalue weighted by Crippen LogP contribution is -2.51. The number of imide groups is 1. The number of urea groups is 1. The standard InChI is InChI=1S/C30H30N2O4S/c1-2-19-32(28(33)26-15-9-14-25(21-26)17-16-23-10-5-3-6-11-23)30(36)31-27(29(34)35)22-37-20-18-24-12-7-4-8-13-24/h3-15,21,27H,2,18-20,22H2,1H3,(H,31,36)(H,34,35)/t27-/m0/s1. The third-order valence-corrected chi connectivity index (χ3v) is 6.49. The number of hydrogen-bond donors (Lipinski definition) is 2. The molecule has 0 radical (unpaired) electrons. The molecular formula is C30H30N2O4S. The number of rotatable bonds is 10. The van der Waals surface area contributed by atoms with Crippen molar-refractivity contribution in [1.29, 1.82) is 0 Å². The molecule has 190 valence electrons. The topological polar surface area (TPSA) is 86.7 Å². The lowest BCUT2D eigenvalue weighted by molar-refractivity contribution is -0.138. The fourth-order valence-corrected chi connectivity index (χ4v) is 4.52. The van der Waals surface area contributed by atoms with Gasteiger partial charge in [0.2, 0.25) is 0 Å². The SMILES string of the molecule is CCCN(C(=O)N[C@@H](CSCCc1ccccc1)C(=O)O)C(=O)c1cccc(C#Cc2ccccc2)c1. The van der Waals surface area contributed by atoms with Crippen LogP contribution in [0.15, 0.2) is 84.9 Å². The maximum Gasteiger partial charge on any atom is 0.327 e. The van der Waals surface area contributed by atoms with Crippen molar-refractivity contribution in [1.82, 2.24) is 10.2 Å². The van der Waals surface area contributed by atoms with E-state index >= 15 is 0 Å². The van der Waals surface area contributed by atoms with Gasteiger partial charge in [0, 0.05) is 29.0 Å². The van der Waals surface area contributed by atoms with Gasteiger partial charge in [0.05, 0.1) is 0 Å². The highest BCUT2D eigenvalue weighted by Gasteiger charge is 2.27. The molecule has 0 bridgehead atoms. The molecule has 37 heavy (non-hydrogen) atoms. The first kappa shape index (κ1) is 27.6. The Kier molecular flexibility index (Phi) is 10.8. The minimum absolute atomic E-state index is 0.165. The van der Waals surface area contributed by atoms with Gasteiger partial charge in [0.15, 0.2) is 0 Å². The van der Waals surface area contributed by atoms with Crippen LogP contribution in [0.25, 0.3) is 0 Å².